The summed E-state index contributed by atoms with van der Waals surface area (Å²) in [7, 11) is -3.85. The Labute approximate surface area is 79.2 Å². The lowest BCUT2D eigenvalue weighted by atomic mass is 10.2. The molecule has 0 rings (SSSR count). The van der Waals surface area contributed by atoms with Gasteiger partial charge in [0, 0.05) is 0 Å². The molecule has 1 N–H and O–H groups in total. The lowest BCUT2D eigenvalue weighted by Crippen LogP contribution is -2.03. The average Bonchev–Trinajstić information content (AvgIpc) is 2.03. The van der Waals surface area contributed by atoms with Gasteiger partial charge in [-0.05, 0) is 13.3 Å². The van der Waals surface area contributed by atoms with E-state index in [0.717, 1.165) is 5.57 Å². The maximum absolute atomic E-state index is 10.4. The fourth-order valence-electron chi connectivity index (χ4n) is 0.762. The van der Waals surface area contributed by atoms with Crippen molar-refractivity contribution >= 4 is 10.1 Å². The fraction of sp³-hybridized carbons (Fsp3) is 0.333. The summed E-state index contributed by atoms with van der Waals surface area (Å²) in [5.74, 6) is -0.242. The average molecular weight is 202 g/mol. The number of hydrogen-bond donors (Lipinski definition) is 1. The van der Waals surface area contributed by atoms with Crippen LogP contribution in [-0.2, 0) is 10.1 Å². The van der Waals surface area contributed by atoms with Crippen molar-refractivity contribution in [3.8, 4) is 0 Å². The van der Waals surface area contributed by atoms with Crippen LogP contribution in [0.1, 0.15) is 13.3 Å². The molecule has 0 atom stereocenters. The molecule has 4 heteroatoms. The fourth-order valence-corrected chi connectivity index (χ4v) is 1.26. The van der Waals surface area contributed by atoms with Crippen molar-refractivity contribution in [2.24, 2.45) is 0 Å². The van der Waals surface area contributed by atoms with Crippen LogP contribution >= 0.6 is 0 Å². The summed E-state index contributed by atoms with van der Waals surface area (Å²) in [5, 5.41) is 0. The van der Waals surface area contributed by atoms with Gasteiger partial charge in [-0.3, -0.25) is 4.55 Å². The third-order valence-electron chi connectivity index (χ3n) is 1.47. The highest BCUT2D eigenvalue weighted by atomic mass is 32.2. The van der Waals surface area contributed by atoms with E-state index in [1.165, 1.54) is 0 Å². The molecule has 74 valence electrons. The second kappa shape index (κ2) is 5.72. The summed E-state index contributed by atoms with van der Waals surface area (Å²) in [6.45, 7) is 5.31. The molecular formula is C9H14O3S. The van der Waals surface area contributed by atoms with E-state index in [0.29, 0.717) is 6.42 Å². The largest absolute Gasteiger partial charge is 0.286 e. The smallest absolute Gasteiger partial charge is 0.265 e. The second-order valence-electron chi connectivity index (χ2n) is 2.49. The van der Waals surface area contributed by atoms with Crippen LogP contribution in [0.2, 0.25) is 0 Å². The summed E-state index contributed by atoms with van der Waals surface area (Å²) < 4.78 is 29.3. The third kappa shape index (κ3) is 7.49. The molecule has 0 aromatic heterocycles. The van der Waals surface area contributed by atoms with Gasteiger partial charge in [0.1, 0.15) is 0 Å². The van der Waals surface area contributed by atoms with Gasteiger partial charge in [-0.15, -0.1) is 0 Å². The summed E-state index contributed by atoms with van der Waals surface area (Å²) in [6.07, 6.45) is 7.21. The first-order chi connectivity index (χ1) is 5.99. The van der Waals surface area contributed by atoms with Crippen LogP contribution in [0.15, 0.2) is 36.5 Å². The summed E-state index contributed by atoms with van der Waals surface area (Å²) in [6, 6.07) is 0. The molecule has 0 unspecified atom stereocenters. The molecular weight excluding hydrogens is 188 g/mol. The van der Waals surface area contributed by atoms with Crippen molar-refractivity contribution in [3.63, 3.8) is 0 Å². The minimum atomic E-state index is -3.85. The summed E-state index contributed by atoms with van der Waals surface area (Å²) in [4.78, 5) is 0. The van der Waals surface area contributed by atoms with Crippen molar-refractivity contribution in [3.05, 3.63) is 36.5 Å². The second-order valence-corrected chi connectivity index (χ2v) is 4.07. The highest BCUT2D eigenvalue weighted by Crippen LogP contribution is 2.05. The van der Waals surface area contributed by atoms with Crippen molar-refractivity contribution in [1.82, 2.24) is 0 Å². The zero-order valence-corrected chi connectivity index (χ0v) is 8.42. The quantitative estimate of drug-likeness (QED) is 0.547. The highest BCUT2D eigenvalue weighted by molar-refractivity contribution is 7.85. The minimum absolute atomic E-state index is 0.242. The Bertz CT molecular complexity index is 310. The Kier molecular flexibility index (Phi) is 5.34. The summed E-state index contributed by atoms with van der Waals surface area (Å²) in [5.41, 5.74) is 0.859. The van der Waals surface area contributed by atoms with Crippen LogP contribution in [0.4, 0.5) is 0 Å². The van der Waals surface area contributed by atoms with Gasteiger partial charge in [0.05, 0.1) is 5.75 Å². The Morgan fingerprint density at radius 2 is 2.15 bits per heavy atom. The molecule has 0 fully saturated rings. The molecule has 3 nitrogen and oxygen atoms in total. The molecule has 0 aliphatic carbocycles. The van der Waals surface area contributed by atoms with Crippen molar-refractivity contribution in [2.45, 2.75) is 13.3 Å². The standard InChI is InChI=1S/C9H14O3S/c1-3-5-6-9(4-2)7-8-13(10,11)12/h3-6H,1,7-8H2,2H3,(H,10,11,12)/b6-5-,9-4+. The van der Waals surface area contributed by atoms with Crippen LogP contribution in [0.5, 0.6) is 0 Å². The SMILES string of the molecule is C=C/C=C\C(=C/C)CCS(=O)(=O)O. The van der Waals surface area contributed by atoms with E-state index in [1.54, 1.807) is 24.3 Å². The highest BCUT2D eigenvalue weighted by Gasteiger charge is 2.04. The number of hydrogen-bond acceptors (Lipinski definition) is 2. The van der Waals surface area contributed by atoms with Gasteiger partial charge < -0.3 is 0 Å². The molecule has 0 aromatic rings. The van der Waals surface area contributed by atoms with Gasteiger partial charge in [-0.25, -0.2) is 0 Å². The predicted octanol–water partition coefficient (Wildman–Crippen LogP) is 1.95. The molecule has 0 heterocycles. The summed E-state index contributed by atoms with van der Waals surface area (Å²) >= 11 is 0. The topological polar surface area (TPSA) is 54.4 Å². The van der Waals surface area contributed by atoms with E-state index in [1.807, 2.05) is 6.92 Å². The number of rotatable bonds is 5. The van der Waals surface area contributed by atoms with Crippen LogP contribution in [0.25, 0.3) is 0 Å². The molecule has 0 aliphatic heterocycles. The third-order valence-corrected chi connectivity index (χ3v) is 2.19. The van der Waals surface area contributed by atoms with Crippen LogP contribution in [-0.4, -0.2) is 18.7 Å². The van der Waals surface area contributed by atoms with E-state index >= 15 is 0 Å². The first-order valence-corrected chi connectivity index (χ1v) is 5.50. The molecule has 0 aliphatic rings. The maximum atomic E-state index is 10.4. The van der Waals surface area contributed by atoms with Gasteiger partial charge >= 0.3 is 0 Å². The van der Waals surface area contributed by atoms with Crippen molar-refractivity contribution in [1.29, 1.82) is 0 Å². The lowest BCUT2D eigenvalue weighted by molar-refractivity contribution is 0.483. The first-order valence-electron chi connectivity index (χ1n) is 3.89. The minimum Gasteiger partial charge on any atom is -0.286 e. The number of allylic oxidation sites excluding steroid dienone is 5. The first kappa shape index (κ1) is 12.1. The molecule has 0 saturated carbocycles. The van der Waals surface area contributed by atoms with Crippen molar-refractivity contribution < 1.29 is 13.0 Å². The Morgan fingerprint density at radius 1 is 1.54 bits per heavy atom. The Balaban J connectivity index is 4.18. The van der Waals surface area contributed by atoms with E-state index in [9.17, 15) is 8.42 Å². The van der Waals surface area contributed by atoms with E-state index < -0.39 is 10.1 Å². The molecule has 0 amide bonds. The maximum Gasteiger partial charge on any atom is 0.265 e. The zero-order valence-electron chi connectivity index (χ0n) is 7.60. The van der Waals surface area contributed by atoms with E-state index in [-0.39, 0.29) is 5.75 Å². The Morgan fingerprint density at radius 3 is 2.54 bits per heavy atom. The van der Waals surface area contributed by atoms with Gasteiger partial charge in [-0.2, -0.15) is 8.42 Å². The monoisotopic (exact) mass is 202 g/mol. The molecule has 0 aromatic carbocycles. The van der Waals surface area contributed by atoms with Crippen LogP contribution in [0, 0.1) is 0 Å². The van der Waals surface area contributed by atoms with Crippen molar-refractivity contribution in [2.75, 3.05) is 5.75 Å². The van der Waals surface area contributed by atoms with Crippen LogP contribution < -0.4 is 0 Å². The lowest BCUT2D eigenvalue weighted by Gasteiger charge is -1.98. The zero-order chi connectivity index (χ0) is 10.3. The normalized spacial score (nSPS) is 13.5. The molecule has 0 saturated heterocycles. The Hall–Kier alpha value is -0.870. The molecule has 0 spiro atoms. The van der Waals surface area contributed by atoms with Gasteiger partial charge in [-0.1, -0.05) is 36.5 Å². The molecule has 0 bridgehead atoms. The van der Waals surface area contributed by atoms with Gasteiger partial charge in [0.25, 0.3) is 10.1 Å². The predicted molar refractivity (Wildman–Crippen MR) is 54.1 cm³/mol. The van der Waals surface area contributed by atoms with E-state index in [4.69, 9.17) is 4.55 Å². The molecule has 13 heavy (non-hydrogen) atoms. The molecule has 0 radical (unpaired) electrons. The van der Waals surface area contributed by atoms with E-state index in [2.05, 4.69) is 6.58 Å². The van der Waals surface area contributed by atoms with Crippen LogP contribution in [0.3, 0.4) is 0 Å². The van der Waals surface area contributed by atoms with Gasteiger partial charge in [0.15, 0.2) is 0 Å². The van der Waals surface area contributed by atoms with Gasteiger partial charge in [0.2, 0.25) is 0 Å².